The summed E-state index contributed by atoms with van der Waals surface area (Å²) in [6, 6.07) is 16.7. The number of anilines is 1. The van der Waals surface area contributed by atoms with Gasteiger partial charge in [0.15, 0.2) is 0 Å². The maximum Gasteiger partial charge on any atom is 0.204 e. The highest BCUT2D eigenvalue weighted by atomic mass is 79.9. The van der Waals surface area contributed by atoms with E-state index in [2.05, 4.69) is 81.0 Å². The van der Waals surface area contributed by atoms with Gasteiger partial charge in [0.05, 0.1) is 11.0 Å². The van der Waals surface area contributed by atoms with Gasteiger partial charge in [0.2, 0.25) is 5.95 Å². The first kappa shape index (κ1) is 20.7. The van der Waals surface area contributed by atoms with E-state index in [0.717, 1.165) is 48.7 Å². The first-order chi connectivity index (χ1) is 12.2. The minimum Gasteiger partial charge on any atom is -0.352 e. The third kappa shape index (κ3) is 5.00. The van der Waals surface area contributed by atoms with Crippen LogP contribution < -0.4 is 5.32 Å². The van der Waals surface area contributed by atoms with Gasteiger partial charge in [0, 0.05) is 24.1 Å². The van der Waals surface area contributed by atoms with Crippen molar-refractivity contribution < 1.29 is 0 Å². The molecule has 26 heavy (non-hydrogen) atoms. The summed E-state index contributed by atoms with van der Waals surface area (Å²) in [5.41, 5.74) is 3.46. The minimum absolute atomic E-state index is 0. The molecule has 0 amide bonds. The van der Waals surface area contributed by atoms with Crippen LogP contribution in [-0.4, -0.2) is 34.1 Å². The van der Waals surface area contributed by atoms with E-state index in [4.69, 9.17) is 4.98 Å². The predicted octanol–water partition coefficient (Wildman–Crippen LogP) is 5.17. The van der Waals surface area contributed by atoms with E-state index in [1.165, 1.54) is 11.1 Å². The van der Waals surface area contributed by atoms with Crippen LogP contribution in [0.2, 0.25) is 0 Å². The molecule has 1 aromatic heterocycles. The average Bonchev–Trinajstić information content (AvgIpc) is 2.99. The summed E-state index contributed by atoms with van der Waals surface area (Å²) in [6.07, 6.45) is 0. The fourth-order valence-electron chi connectivity index (χ4n) is 3.05. The van der Waals surface area contributed by atoms with Crippen LogP contribution in [0.3, 0.4) is 0 Å². The van der Waals surface area contributed by atoms with Crippen molar-refractivity contribution in [3.63, 3.8) is 0 Å². The van der Waals surface area contributed by atoms with Crippen LogP contribution in [0.1, 0.15) is 19.4 Å². The van der Waals surface area contributed by atoms with Crippen molar-refractivity contribution in [1.29, 1.82) is 0 Å². The Labute approximate surface area is 170 Å². The Morgan fingerprint density at radius 1 is 1.08 bits per heavy atom. The normalized spacial score (nSPS) is 10.9. The predicted molar refractivity (Wildman–Crippen MR) is 116 cm³/mol. The molecule has 140 valence electrons. The highest BCUT2D eigenvalue weighted by Gasteiger charge is 2.11. The monoisotopic (exact) mass is 436 g/mol. The second kappa shape index (κ2) is 9.95. The molecular formula is C20H26BrClN4. The Bertz CT molecular complexity index is 830. The summed E-state index contributed by atoms with van der Waals surface area (Å²) in [7, 11) is 0. The smallest absolute Gasteiger partial charge is 0.204 e. The third-order valence-corrected chi connectivity index (χ3v) is 5.02. The van der Waals surface area contributed by atoms with Crippen LogP contribution in [0.15, 0.2) is 53.0 Å². The zero-order chi connectivity index (χ0) is 17.6. The van der Waals surface area contributed by atoms with Gasteiger partial charge in [-0.3, -0.25) is 0 Å². The van der Waals surface area contributed by atoms with Crippen LogP contribution in [0, 0.1) is 0 Å². The fourth-order valence-corrected chi connectivity index (χ4v) is 3.49. The van der Waals surface area contributed by atoms with Crippen LogP contribution in [0.25, 0.3) is 11.0 Å². The molecule has 0 aliphatic rings. The first-order valence-electron chi connectivity index (χ1n) is 8.87. The SMILES string of the molecule is CCN(CC)CCn1c(NCc2cccc(Br)c2)nc2ccccc21.Cl. The number of fused-ring (bicyclic) bond motifs is 1. The van der Waals surface area contributed by atoms with Gasteiger partial charge in [-0.05, 0) is 42.9 Å². The summed E-state index contributed by atoms with van der Waals surface area (Å²) in [5, 5.41) is 3.52. The summed E-state index contributed by atoms with van der Waals surface area (Å²) >= 11 is 3.53. The van der Waals surface area contributed by atoms with Gasteiger partial charge in [-0.15, -0.1) is 12.4 Å². The Hall–Kier alpha value is -1.56. The molecule has 1 heterocycles. The number of imidazole rings is 1. The summed E-state index contributed by atoms with van der Waals surface area (Å²) < 4.78 is 3.40. The van der Waals surface area contributed by atoms with Gasteiger partial charge in [0.1, 0.15) is 0 Å². The van der Waals surface area contributed by atoms with Gasteiger partial charge >= 0.3 is 0 Å². The van der Waals surface area contributed by atoms with Gasteiger partial charge in [-0.2, -0.15) is 0 Å². The molecule has 2 aromatic carbocycles. The summed E-state index contributed by atoms with van der Waals surface area (Å²) in [5.74, 6) is 0.938. The molecule has 6 heteroatoms. The molecular weight excluding hydrogens is 412 g/mol. The number of rotatable bonds is 8. The zero-order valence-electron chi connectivity index (χ0n) is 15.3. The van der Waals surface area contributed by atoms with E-state index in [1.54, 1.807) is 0 Å². The van der Waals surface area contributed by atoms with Gasteiger partial charge in [-0.25, -0.2) is 4.98 Å². The van der Waals surface area contributed by atoms with E-state index >= 15 is 0 Å². The van der Waals surface area contributed by atoms with Crippen LogP contribution >= 0.6 is 28.3 Å². The lowest BCUT2D eigenvalue weighted by Crippen LogP contribution is -2.27. The maximum absolute atomic E-state index is 4.80. The lowest BCUT2D eigenvalue weighted by atomic mass is 10.2. The second-order valence-electron chi connectivity index (χ2n) is 6.09. The van der Waals surface area contributed by atoms with E-state index in [-0.39, 0.29) is 12.4 Å². The van der Waals surface area contributed by atoms with Gasteiger partial charge < -0.3 is 14.8 Å². The van der Waals surface area contributed by atoms with Crippen molar-refractivity contribution in [2.24, 2.45) is 0 Å². The number of para-hydroxylation sites is 2. The quantitative estimate of drug-likeness (QED) is 0.527. The van der Waals surface area contributed by atoms with Gasteiger partial charge in [-0.1, -0.05) is 54.0 Å². The highest BCUT2D eigenvalue weighted by molar-refractivity contribution is 9.10. The largest absolute Gasteiger partial charge is 0.352 e. The van der Waals surface area contributed by atoms with E-state index < -0.39 is 0 Å². The number of hydrogen-bond acceptors (Lipinski definition) is 3. The number of halogens is 2. The van der Waals surface area contributed by atoms with Crippen molar-refractivity contribution in [3.05, 3.63) is 58.6 Å². The van der Waals surface area contributed by atoms with Crippen molar-refractivity contribution >= 4 is 45.3 Å². The van der Waals surface area contributed by atoms with Crippen LogP contribution in [0.4, 0.5) is 5.95 Å². The van der Waals surface area contributed by atoms with E-state index in [0.29, 0.717) is 0 Å². The van der Waals surface area contributed by atoms with Crippen molar-refractivity contribution in [2.75, 3.05) is 25.0 Å². The molecule has 0 spiro atoms. The zero-order valence-corrected chi connectivity index (χ0v) is 17.7. The standard InChI is InChI=1S/C20H25BrN4.ClH/c1-3-24(4-2)12-13-25-19-11-6-5-10-18(19)23-20(25)22-15-16-8-7-9-17(21)14-16;/h5-11,14H,3-4,12-13,15H2,1-2H3,(H,22,23);1H. The van der Waals surface area contributed by atoms with E-state index in [9.17, 15) is 0 Å². The molecule has 0 unspecified atom stereocenters. The Kier molecular flexibility index (Phi) is 7.94. The number of likely N-dealkylation sites (N-methyl/N-ethyl adjacent to an activating group) is 1. The highest BCUT2D eigenvalue weighted by Crippen LogP contribution is 2.21. The molecule has 0 bridgehead atoms. The molecule has 0 saturated heterocycles. The molecule has 0 aliphatic carbocycles. The number of nitrogens with one attached hydrogen (secondary N) is 1. The molecule has 4 nitrogen and oxygen atoms in total. The second-order valence-corrected chi connectivity index (χ2v) is 7.00. The molecule has 0 fully saturated rings. The fraction of sp³-hybridized carbons (Fsp3) is 0.350. The first-order valence-corrected chi connectivity index (χ1v) is 9.66. The molecule has 0 aliphatic heterocycles. The molecule has 1 N–H and O–H groups in total. The number of hydrogen-bond donors (Lipinski definition) is 1. The third-order valence-electron chi connectivity index (χ3n) is 4.53. The average molecular weight is 438 g/mol. The van der Waals surface area contributed by atoms with Crippen molar-refractivity contribution in [1.82, 2.24) is 14.5 Å². The lowest BCUT2D eigenvalue weighted by molar-refractivity contribution is 0.292. The maximum atomic E-state index is 4.80. The summed E-state index contributed by atoms with van der Waals surface area (Å²) in [4.78, 5) is 7.24. The Morgan fingerprint density at radius 3 is 2.58 bits per heavy atom. The minimum atomic E-state index is 0. The lowest BCUT2D eigenvalue weighted by Gasteiger charge is -2.19. The van der Waals surface area contributed by atoms with E-state index in [1.807, 2.05) is 12.1 Å². The number of benzene rings is 2. The van der Waals surface area contributed by atoms with Crippen LogP contribution in [-0.2, 0) is 13.1 Å². The molecule has 0 atom stereocenters. The van der Waals surface area contributed by atoms with Crippen molar-refractivity contribution in [3.8, 4) is 0 Å². The topological polar surface area (TPSA) is 33.1 Å². The Morgan fingerprint density at radius 2 is 1.85 bits per heavy atom. The molecule has 3 aromatic rings. The molecule has 0 radical (unpaired) electrons. The molecule has 3 rings (SSSR count). The number of aromatic nitrogens is 2. The summed E-state index contributed by atoms with van der Waals surface area (Å²) in [6.45, 7) is 9.29. The van der Waals surface area contributed by atoms with Crippen LogP contribution in [0.5, 0.6) is 0 Å². The number of nitrogens with zero attached hydrogens (tertiary/aromatic N) is 3. The molecule has 0 saturated carbocycles. The Balaban J connectivity index is 0.00000243. The van der Waals surface area contributed by atoms with Gasteiger partial charge in [0.25, 0.3) is 0 Å². The van der Waals surface area contributed by atoms with Crippen molar-refractivity contribution in [2.45, 2.75) is 26.9 Å².